The largest absolute Gasteiger partial charge is 0.398 e. The van der Waals surface area contributed by atoms with E-state index in [0.29, 0.717) is 0 Å². The first kappa shape index (κ1) is 13.5. The van der Waals surface area contributed by atoms with Crippen molar-refractivity contribution in [2.75, 3.05) is 24.6 Å². The van der Waals surface area contributed by atoms with E-state index in [-0.39, 0.29) is 0 Å². The van der Waals surface area contributed by atoms with Crippen LogP contribution in [0, 0.1) is 0 Å². The van der Waals surface area contributed by atoms with Gasteiger partial charge in [0.25, 0.3) is 0 Å². The molecule has 0 unspecified atom stereocenters. The fourth-order valence-electron chi connectivity index (χ4n) is 2.66. The summed E-state index contributed by atoms with van der Waals surface area (Å²) in [6.07, 6.45) is 1.12. The van der Waals surface area contributed by atoms with Crippen LogP contribution in [0.5, 0.6) is 0 Å². The Hall–Kier alpha value is -1.45. The van der Waals surface area contributed by atoms with Crippen LogP contribution >= 0.6 is 11.8 Å². The molecule has 0 aromatic heterocycles. The first-order valence-electron chi connectivity index (χ1n) is 7.09. The number of nitrogens with zero attached hydrogens (tertiary/aromatic N) is 1. The minimum Gasteiger partial charge on any atom is -0.398 e. The third-order valence-corrected chi connectivity index (χ3v) is 4.80. The quantitative estimate of drug-likeness (QED) is 0.689. The second kappa shape index (κ2) is 6.33. The van der Waals surface area contributed by atoms with E-state index in [0.717, 1.165) is 37.5 Å². The highest BCUT2D eigenvalue weighted by Crippen LogP contribution is 2.25. The topological polar surface area (TPSA) is 29.3 Å². The number of hydrogen-bond donors (Lipinski definition) is 1. The zero-order chi connectivity index (χ0) is 13.8. The molecule has 0 spiro atoms. The van der Waals surface area contributed by atoms with Gasteiger partial charge in [0.05, 0.1) is 0 Å². The molecule has 3 heteroatoms. The maximum absolute atomic E-state index is 6.09. The first-order valence-corrected chi connectivity index (χ1v) is 8.08. The van der Waals surface area contributed by atoms with Crippen molar-refractivity contribution in [3.63, 3.8) is 0 Å². The highest BCUT2D eigenvalue weighted by Gasteiger charge is 2.17. The van der Waals surface area contributed by atoms with Crippen molar-refractivity contribution in [2.24, 2.45) is 0 Å². The van der Waals surface area contributed by atoms with Gasteiger partial charge in [0, 0.05) is 36.0 Å². The van der Waals surface area contributed by atoms with E-state index < -0.39 is 0 Å². The molecule has 0 atom stereocenters. The van der Waals surface area contributed by atoms with Gasteiger partial charge >= 0.3 is 0 Å². The highest BCUT2D eigenvalue weighted by atomic mass is 32.2. The zero-order valence-corrected chi connectivity index (χ0v) is 12.4. The predicted octanol–water partition coefficient (Wildman–Crippen LogP) is 3.42. The molecule has 1 aliphatic heterocycles. The van der Waals surface area contributed by atoms with Crippen molar-refractivity contribution in [3.8, 4) is 0 Å². The molecular weight excluding hydrogens is 264 g/mol. The van der Waals surface area contributed by atoms with Crippen molar-refractivity contribution >= 4 is 17.4 Å². The van der Waals surface area contributed by atoms with E-state index in [9.17, 15) is 0 Å². The third kappa shape index (κ3) is 3.17. The van der Waals surface area contributed by atoms with E-state index in [2.05, 4.69) is 47.4 Å². The molecule has 2 N–H and O–H groups in total. The minimum absolute atomic E-state index is 0.947. The maximum Gasteiger partial charge on any atom is 0.0362 e. The summed E-state index contributed by atoms with van der Waals surface area (Å²) in [7, 11) is 0. The summed E-state index contributed by atoms with van der Waals surface area (Å²) in [4.78, 5) is 3.86. The zero-order valence-electron chi connectivity index (χ0n) is 11.6. The van der Waals surface area contributed by atoms with Gasteiger partial charge in [-0.1, -0.05) is 30.3 Å². The van der Waals surface area contributed by atoms with Crippen LogP contribution in [0.2, 0.25) is 0 Å². The Morgan fingerprint density at radius 2 is 1.90 bits per heavy atom. The fourth-order valence-corrected chi connectivity index (χ4v) is 3.60. The SMILES string of the molecule is Nc1cccc2c1CN(CCSc1ccccc1)CC2. The van der Waals surface area contributed by atoms with Gasteiger partial charge < -0.3 is 5.73 Å². The number of anilines is 1. The van der Waals surface area contributed by atoms with Gasteiger partial charge in [0.2, 0.25) is 0 Å². The van der Waals surface area contributed by atoms with Crippen molar-refractivity contribution < 1.29 is 0 Å². The van der Waals surface area contributed by atoms with Gasteiger partial charge in [-0.15, -0.1) is 11.8 Å². The van der Waals surface area contributed by atoms with Gasteiger partial charge in [0.1, 0.15) is 0 Å². The number of fused-ring (bicyclic) bond motifs is 1. The summed E-state index contributed by atoms with van der Waals surface area (Å²) in [5.41, 5.74) is 9.80. The molecule has 104 valence electrons. The lowest BCUT2D eigenvalue weighted by Gasteiger charge is -2.29. The van der Waals surface area contributed by atoms with E-state index in [4.69, 9.17) is 5.73 Å². The standard InChI is InChI=1S/C17H20N2S/c18-17-8-4-5-14-9-10-19(13-16(14)17)11-12-20-15-6-2-1-3-7-15/h1-8H,9-13,18H2. The van der Waals surface area contributed by atoms with E-state index in [1.165, 1.54) is 16.0 Å². The lowest BCUT2D eigenvalue weighted by molar-refractivity contribution is 0.271. The lowest BCUT2D eigenvalue weighted by atomic mass is 9.98. The minimum atomic E-state index is 0.947. The van der Waals surface area contributed by atoms with Crippen LogP contribution in [0.4, 0.5) is 5.69 Å². The summed E-state index contributed by atoms with van der Waals surface area (Å²) >= 11 is 1.93. The molecule has 1 aliphatic rings. The number of hydrogen-bond acceptors (Lipinski definition) is 3. The predicted molar refractivity (Wildman–Crippen MR) is 87.0 cm³/mol. The number of nitrogens with two attached hydrogens (primary N) is 1. The van der Waals surface area contributed by atoms with Gasteiger partial charge in [0.15, 0.2) is 0 Å². The molecule has 0 saturated heterocycles. The molecule has 0 saturated carbocycles. The molecule has 20 heavy (non-hydrogen) atoms. The highest BCUT2D eigenvalue weighted by molar-refractivity contribution is 7.99. The number of thioether (sulfide) groups is 1. The molecule has 0 aliphatic carbocycles. The summed E-state index contributed by atoms with van der Waals surface area (Å²) in [6, 6.07) is 16.9. The normalized spacial score (nSPS) is 15.0. The summed E-state index contributed by atoms with van der Waals surface area (Å²) in [6.45, 7) is 3.26. The van der Waals surface area contributed by atoms with E-state index >= 15 is 0 Å². The lowest BCUT2D eigenvalue weighted by Crippen LogP contribution is -2.32. The van der Waals surface area contributed by atoms with Gasteiger partial charge in [-0.2, -0.15) is 0 Å². The van der Waals surface area contributed by atoms with Crippen molar-refractivity contribution in [1.29, 1.82) is 0 Å². The number of nitrogen functional groups attached to an aromatic ring is 1. The Morgan fingerprint density at radius 1 is 1.05 bits per heavy atom. The second-order valence-corrected chi connectivity index (χ2v) is 6.34. The van der Waals surface area contributed by atoms with Crippen LogP contribution in [0.3, 0.4) is 0 Å². The molecule has 0 bridgehead atoms. The van der Waals surface area contributed by atoms with Gasteiger partial charge in [-0.25, -0.2) is 0 Å². The Bertz CT molecular complexity index is 568. The third-order valence-electron chi connectivity index (χ3n) is 3.81. The Kier molecular flexibility index (Phi) is 4.28. The van der Waals surface area contributed by atoms with Crippen LogP contribution in [0.15, 0.2) is 53.4 Å². The van der Waals surface area contributed by atoms with Crippen molar-refractivity contribution in [3.05, 3.63) is 59.7 Å². The average molecular weight is 284 g/mol. The Labute approximate surface area is 125 Å². The summed E-state index contributed by atoms with van der Waals surface area (Å²) in [5, 5.41) is 0. The number of rotatable bonds is 4. The monoisotopic (exact) mass is 284 g/mol. The van der Waals surface area contributed by atoms with Crippen molar-refractivity contribution in [2.45, 2.75) is 17.9 Å². The Morgan fingerprint density at radius 3 is 2.75 bits per heavy atom. The van der Waals surface area contributed by atoms with Crippen LogP contribution < -0.4 is 5.73 Å². The molecule has 3 rings (SSSR count). The van der Waals surface area contributed by atoms with Gasteiger partial charge in [-0.05, 0) is 35.7 Å². The maximum atomic E-state index is 6.09. The summed E-state index contributed by atoms with van der Waals surface area (Å²) in [5.74, 6) is 1.13. The molecule has 0 fully saturated rings. The van der Waals surface area contributed by atoms with E-state index in [1.807, 2.05) is 17.8 Å². The molecule has 2 nitrogen and oxygen atoms in total. The first-order chi connectivity index (χ1) is 9.83. The summed E-state index contributed by atoms with van der Waals surface area (Å²) < 4.78 is 0. The van der Waals surface area contributed by atoms with Crippen LogP contribution in [0.1, 0.15) is 11.1 Å². The molecule has 0 amide bonds. The van der Waals surface area contributed by atoms with Gasteiger partial charge in [-0.3, -0.25) is 4.90 Å². The molecule has 1 heterocycles. The molecule has 2 aromatic rings. The molecule has 2 aromatic carbocycles. The smallest absolute Gasteiger partial charge is 0.0362 e. The Balaban J connectivity index is 1.54. The average Bonchev–Trinajstić information content (AvgIpc) is 2.49. The van der Waals surface area contributed by atoms with E-state index in [1.54, 1.807) is 0 Å². The number of benzene rings is 2. The molecule has 0 radical (unpaired) electrons. The van der Waals surface area contributed by atoms with Crippen LogP contribution in [-0.2, 0) is 13.0 Å². The fraction of sp³-hybridized carbons (Fsp3) is 0.294. The second-order valence-electron chi connectivity index (χ2n) is 5.17. The van der Waals surface area contributed by atoms with Crippen molar-refractivity contribution in [1.82, 2.24) is 4.90 Å². The van der Waals surface area contributed by atoms with Crippen LogP contribution in [-0.4, -0.2) is 23.7 Å². The van der Waals surface area contributed by atoms with Crippen LogP contribution in [0.25, 0.3) is 0 Å². The molecular formula is C17H20N2S.